The van der Waals surface area contributed by atoms with E-state index >= 15 is 0 Å². The summed E-state index contributed by atoms with van der Waals surface area (Å²) in [6.07, 6.45) is -0.942. The molecule has 3 aromatic rings. The van der Waals surface area contributed by atoms with Crippen molar-refractivity contribution >= 4 is 32.6 Å². The SMILES string of the molecule is COc1ccc(OC)c(C(O)CNC(=O)COc2ccc3cc(Br)ccc3c2)c1. The fourth-order valence-corrected chi connectivity index (χ4v) is 3.28. The van der Waals surface area contributed by atoms with Gasteiger partial charge in [-0.05, 0) is 53.2 Å². The van der Waals surface area contributed by atoms with Crippen LogP contribution in [0.1, 0.15) is 11.7 Å². The second kappa shape index (κ2) is 9.62. The summed E-state index contributed by atoms with van der Waals surface area (Å²) in [5.74, 6) is 1.39. The van der Waals surface area contributed by atoms with Crippen molar-refractivity contribution in [3.05, 3.63) is 64.6 Å². The molecule has 0 saturated carbocycles. The molecule has 3 aromatic carbocycles. The summed E-state index contributed by atoms with van der Waals surface area (Å²) < 4.78 is 17.0. The predicted molar refractivity (Wildman–Crippen MR) is 115 cm³/mol. The molecule has 7 heteroatoms. The number of carbonyl (C=O) groups is 1. The van der Waals surface area contributed by atoms with Crippen LogP contribution in [-0.2, 0) is 4.79 Å². The second-order valence-corrected chi connectivity index (χ2v) is 7.29. The minimum absolute atomic E-state index is 0.0253. The van der Waals surface area contributed by atoms with Gasteiger partial charge in [-0.15, -0.1) is 0 Å². The number of fused-ring (bicyclic) bond motifs is 1. The van der Waals surface area contributed by atoms with Crippen LogP contribution in [0.4, 0.5) is 0 Å². The Labute approximate surface area is 177 Å². The van der Waals surface area contributed by atoms with Crippen molar-refractivity contribution in [3.8, 4) is 17.2 Å². The van der Waals surface area contributed by atoms with Gasteiger partial charge in [0, 0.05) is 16.6 Å². The number of rotatable bonds is 8. The van der Waals surface area contributed by atoms with E-state index in [1.54, 1.807) is 25.3 Å². The van der Waals surface area contributed by atoms with Gasteiger partial charge in [-0.1, -0.05) is 28.1 Å². The van der Waals surface area contributed by atoms with E-state index in [-0.39, 0.29) is 19.1 Å². The van der Waals surface area contributed by atoms with Gasteiger partial charge >= 0.3 is 0 Å². The number of hydrogen-bond donors (Lipinski definition) is 2. The highest BCUT2D eigenvalue weighted by Crippen LogP contribution is 2.29. The highest BCUT2D eigenvalue weighted by molar-refractivity contribution is 9.10. The second-order valence-electron chi connectivity index (χ2n) is 6.37. The van der Waals surface area contributed by atoms with Crippen LogP contribution in [-0.4, -0.2) is 38.4 Å². The smallest absolute Gasteiger partial charge is 0.258 e. The average molecular weight is 460 g/mol. The van der Waals surface area contributed by atoms with Gasteiger partial charge in [-0.2, -0.15) is 0 Å². The highest BCUT2D eigenvalue weighted by atomic mass is 79.9. The van der Waals surface area contributed by atoms with Crippen LogP contribution >= 0.6 is 15.9 Å². The Bertz CT molecular complexity index is 1010. The predicted octanol–water partition coefficient (Wildman–Crippen LogP) is 3.85. The zero-order valence-corrected chi connectivity index (χ0v) is 17.7. The summed E-state index contributed by atoms with van der Waals surface area (Å²) in [6, 6.07) is 16.7. The fourth-order valence-electron chi connectivity index (χ4n) is 2.90. The van der Waals surface area contributed by atoms with E-state index in [4.69, 9.17) is 14.2 Å². The van der Waals surface area contributed by atoms with E-state index in [0.717, 1.165) is 15.2 Å². The number of hydrogen-bond acceptors (Lipinski definition) is 5. The Hall–Kier alpha value is -2.77. The lowest BCUT2D eigenvalue weighted by atomic mass is 10.1. The number of nitrogens with one attached hydrogen (secondary N) is 1. The summed E-state index contributed by atoms with van der Waals surface area (Å²) in [5.41, 5.74) is 0.536. The largest absolute Gasteiger partial charge is 0.497 e. The van der Waals surface area contributed by atoms with Gasteiger partial charge in [0.25, 0.3) is 5.91 Å². The molecule has 3 rings (SSSR count). The number of aliphatic hydroxyl groups excluding tert-OH is 1. The van der Waals surface area contributed by atoms with Gasteiger partial charge in [0.2, 0.25) is 0 Å². The molecule has 0 aliphatic carbocycles. The van der Waals surface area contributed by atoms with E-state index < -0.39 is 6.10 Å². The molecule has 0 saturated heterocycles. The molecule has 0 aliphatic heterocycles. The molecule has 152 valence electrons. The Kier molecular flexibility index (Phi) is 6.95. The first-order chi connectivity index (χ1) is 14.0. The molecule has 0 fully saturated rings. The number of ether oxygens (including phenoxy) is 3. The van der Waals surface area contributed by atoms with Crippen LogP contribution in [0.5, 0.6) is 17.2 Å². The standard InChI is InChI=1S/C22H22BrNO5/c1-27-17-7-8-21(28-2)19(11-17)20(25)12-24-22(26)13-29-18-6-4-14-9-16(23)5-3-15(14)10-18/h3-11,20,25H,12-13H2,1-2H3,(H,24,26). The highest BCUT2D eigenvalue weighted by Gasteiger charge is 2.16. The molecule has 1 unspecified atom stereocenters. The van der Waals surface area contributed by atoms with Crippen LogP contribution in [0.3, 0.4) is 0 Å². The lowest BCUT2D eigenvalue weighted by molar-refractivity contribution is -0.123. The summed E-state index contributed by atoms with van der Waals surface area (Å²) in [5, 5.41) is 15.2. The maximum atomic E-state index is 12.1. The molecule has 0 bridgehead atoms. The number of benzene rings is 3. The van der Waals surface area contributed by atoms with Crippen molar-refractivity contribution < 1.29 is 24.1 Å². The molecule has 0 spiro atoms. The van der Waals surface area contributed by atoms with Crippen LogP contribution in [0.15, 0.2) is 59.1 Å². The molecule has 0 aliphatic rings. The molecule has 0 aromatic heterocycles. The maximum absolute atomic E-state index is 12.1. The van der Waals surface area contributed by atoms with Gasteiger partial charge in [-0.3, -0.25) is 4.79 Å². The third kappa shape index (κ3) is 5.40. The fraction of sp³-hybridized carbons (Fsp3) is 0.227. The summed E-state index contributed by atoms with van der Waals surface area (Å²) in [6.45, 7) is -0.124. The molecular formula is C22H22BrNO5. The number of methoxy groups -OCH3 is 2. The zero-order valence-electron chi connectivity index (χ0n) is 16.1. The Balaban J connectivity index is 1.55. The molecule has 1 amide bonds. The quantitative estimate of drug-likeness (QED) is 0.534. The summed E-state index contributed by atoms with van der Waals surface area (Å²) in [4.78, 5) is 12.1. The van der Waals surface area contributed by atoms with Crippen molar-refractivity contribution in [1.29, 1.82) is 0 Å². The summed E-state index contributed by atoms with van der Waals surface area (Å²) >= 11 is 3.44. The van der Waals surface area contributed by atoms with E-state index in [1.807, 2.05) is 36.4 Å². The van der Waals surface area contributed by atoms with Crippen LogP contribution in [0.2, 0.25) is 0 Å². The van der Waals surface area contributed by atoms with Crippen LogP contribution in [0, 0.1) is 0 Å². The van der Waals surface area contributed by atoms with E-state index in [1.165, 1.54) is 7.11 Å². The number of halogens is 1. The monoisotopic (exact) mass is 459 g/mol. The minimum atomic E-state index is -0.942. The minimum Gasteiger partial charge on any atom is -0.497 e. The molecule has 0 heterocycles. The van der Waals surface area contributed by atoms with Gasteiger partial charge in [-0.25, -0.2) is 0 Å². The lowest BCUT2D eigenvalue weighted by Gasteiger charge is -2.16. The Morgan fingerprint density at radius 3 is 2.48 bits per heavy atom. The zero-order chi connectivity index (χ0) is 20.8. The molecule has 2 N–H and O–H groups in total. The molecule has 29 heavy (non-hydrogen) atoms. The van der Waals surface area contributed by atoms with E-state index in [9.17, 15) is 9.90 Å². The average Bonchev–Trinajstić information content (AvgIpc) is 2.75. The molecule has 0 radical (unpaired) electrons. The number of amides is 1. The first kappa shape index (κ1) is 21.0. The van der Waals surface area contributed by atoms with Gasteiger partial charge in [0.15, 0.2) is 6.61 Å². The Morgan fingerprint density at radius 2 is 1.72 bits per heavy atom. The third-order valence-electron chi connectivity index (χ3n) is 4.43. The van der Waals surface area contributed by atoms with Crippen molar-refractivity contribution in [3.63, 3.8) is 0 Å². The molecule has 1 atom stereocenters. The lowest BCUT2D eigenvalue weighted by Crippen LogP contribution is -2.32. The van der Waals surface area contributed by atoms with Gasteiger partial charge in [0.05, 0.1) is 20.3 Å². The van der Waals surface area contributed by atoms with Crippen molar-refractivity contribution in [2.24, 2.45) is 0 Å². The van der Waals surface area contributed by atoms with Crippen LogP contribution in [0.25, 0.3) is 10.8 Å². The first-order valence-corrected chi connectivity index (χ1v) is 9.78. The van der Waals surface area contributed by atoms with Crippen LogP contribution < -0.4 is 19.5 Å². The van der Waals surface area contributed by atoms with Crippen molar-refractivity contribution in [2.45, 2.75) is 6.10 Å². The Morgan fingerprint density at radius 1 is 1.00 bits per heavy atom. The number of carbonyl (C=O) groups excluding carboxylic acids is 1. The van der Waals surface area contributed by atoms with Crippen molar-refractivity contribution in [2.75, 3.05) is 27.4 Å². The topological polar surface area (TPSA) is 77.0 Å². The normalized spacial score (nSPS) is 11.7. The molecular weight excluding hydrogens is 438 g/mol. The van der Waals surface area contributed by atoms with Gasteiger partial charge in [0.1, 0.15) is 17.2 Å². The maximum Gasteiger partial charge on any atom is 0.258 e. The summed E-state index contributed by atoms with van der Waals surface area (Å²) in [7, 11) is 3.06. The van der Waals surface area contributed by atoms with E-state index in [0.29, 0.717) is 22.8 Å². The van der Waals surface area contributed by atoms with Gasteiger partial charge < -0.3 is 24.6 Å². The third-order valence-corrected chi connectivity index (χ3v) is 4.93. The number of aliphatic hydroxyl groups is 1. The van der Waals surface area contributed by atoms with Crippen molar-refractivity contribution in [1.82, 2.24) is 5.32 Å². The van der Waals surface area contributed by atoms with E-state index in [2.05, 4.69) is 21.2 Å². The molecule has 6 nitrogen and oxygen atoms in total. The first-order valence-electron chi connectivity index (χ1n) is 8.99.